The first kappa shape index (κ1) is 11.9. The number of hydrogen-bond donors (Lipinski definition) is 0. The maximum atomic E-state index is 11.7. The van der Waals surface area contributed by atoms with Crippen LogP contribution in [0.4, 0.5) is 0 Å². The van der Waals surface area contributed by atoms with Crippen molar-refractivity contribution in [1.82, 2.24) is 0 Å². The van der Waals surface area contributed by atoms with Crippen LogP contribution in [0.3, 0.4) is 0 Å². The zero-order valence-corrected chi connectivity index (χ0v) is 10.7. The fraction of sp³-hybridized carbons (Fsp3) is 0.214. The predicted molar refractivity (Wildman–Crippen MR) is 70.1 cm³/mol. The van der Waals surface area contributed by atoms with E-state index in [1.54, 1.807) is 0 Å². The summed E-state index contributed by atoms with van der Waals surface area (Å²) in [6.45, 7) is 4.13. The van der Waals surface area contributed by atoms with Gasteiger partial charge in [0.15, 0.2) is 6.61 Å². The third-order valence-electron chi connectivity index (χ3n) is 2.36. The Morgan fingerprint density at radius 2 is 1.94 bits per heavy atom. The SMILES string of the molecule is Cc1cc(C)cc(OCC(=O)c2cccs2)c1. The highest BCUT2D eigenvalue weighted by Gasteiger charge is 2.07. The number of ether oxygens (including phenoxy) is 1. The van der Waals surface area contributed by atoms with E-state index in [-0.39, 0.29) is 12.4 Å². The molecule has 2 nitrogen and oxygen atoms in total. The number of carbonyl (C=O) groups is 1. The summed E-state index contributed by atoms with van der Waals surface area (Å²) < 4.78 is 5.51. The van der Waals surface area contributed by atoms with Crippen molar-refractivity contribution in [3.05, 3.63) is 51.7 Å². The Morgan fingerprint density at radius 3 is 2.53 bits per heavy atom. The van der Waals surface area contributed by atoms with Gasteiger partial charge >= 0.3 is 0 Å². The predicted octanol–water partition coefficient (Wildman–Crippen LogP) is 3.63. The number of Topliss-reactive ketones (excluding diaryl/α,β-unsaturated/α-hetero) is 1. The molecule has 0 aliphatic rings. The monoisotopic (exact) mass is 246 g/mol. The van der Waals surface area contributed by atoms with Crippen LogP contribution in [0.5, 0.6) is 5.75 Å². The normalized spacial score (nSPS) is 10.2. The molecule has 0 aliphatic heterocycles. The lowest BCUT2D eigenvalue weighted by molar-refractivity contribution is 0.0925. The van der Waals surface area contributed by atoms with Gasteiger partial charge in [0, 0.05) is 0 Å². The van der Waals surface area contributed by atoms with Crippen molar-refractivity contribution >= 4 is 17.1 Å². The molecule has 0 unspecified atom stereocenters. The standard InChI is InChI=1S/C14H14O2S/c1-10-6-11(2)8-12(7-10)16-9-13(15)14-4-3-5-17-14/h3-8H,9H2,1-2H3. The van der Waals surface area contributed by atoms with Gasteiger partial charge in [-0.3, -0.25) is 4.79 Å². The van der Waals surface area contributed by atoms with Crippen molar-refractivity contribution in [1.29, 1.82) is 0 Å². The number of ketones is 1. The van der Waals surface area contributed by atoms with Crippen LogP contribution in [0, 0.1) is 13.8 Å². The van der Waals surface area contributed by atoms with E-state index in [1.807, 2.05) is 43.5 Å². The highest BCUT2D eigenvalue weighted by Crippen LogP contribution is 2.17. The maximum Gasteiger partial charge on any atom is 0.210 e. The molecule has 2 rings (SSSR count). The minimum Gasteiger partial charge on any atom is -0.485 e. The van der Waals surface area contributed by atoms with Crippen LogP contribution in [-0.4, -0.2) is 12.4 Å². The molecule has 1 aromatic heterocycles. The number of benzene rings is 1. The summed E-state index contributed by atoms with van der Waals surface area (Å²) in [4.78, 5) is 12.5. The van der Waals surface area contributed by atoms with Gasteiger partial charge in [-0.15, -0.1) is 11.3 Å². The molecule has 0 spiro atoms. The Morgan fingerprint density at radius 1 is 1.24 bits per heavy atom. The molecule has 0 N–H and O–H groups in total. The molecule has 17 heavy (non-hydrogen) atoms. The Kier molecular flexibility index (Phi) is 3.59. The van der Waals surface area contributed by atoms with Crippen molar-refractivity contribution in [2.24, 2.45) is 0 Å². The molecule has 0 radical (unpaired) electrons. The number of thiophene rings is 1. The summed E-state index contributed by atoms with van der Waals surface area (Å²) in [5, 5.41) is 1.89. The first-order valence-corrected chi connectivity index (χ1v) is 6.31. The van der Waals surface area contributed by atoms with Gasteiger partial charge in [-0.25, -0.2) is 0 Å². The fourth-order valence-corrected chi connectivity index (χ4v) is 2.32. The second-order valence-corrected chi connectivity index (χ2v) is 4.96. The van der Waals surface area contributed by atoms with Crippen molar-refractivity contribution in [3.63, 3.8) is 0 Å². The molecular weight excluding hydrogens is 232 g/mol. The van der Waals surface area contributed by atoms with Gasteiger partial charge in [0.2, 0.25) is 5.78 Å². The Hall–Kier alpha value is -1.61. The highest BCUT2D eigenvalue weighted by atomic mass is 32.1. The lowest BCUT2D eigenvalue weighted by atomic mass is 10.1. The van der Waals surface area contributed by atoms with Gasteiger partial charge in [-0.2, -0.15) is 0 Å². The third-order valence-corrected chi connectivity index (χ3v) is 3.27. The molecule has 0 bridgehead atoms. The summed E-state index contributed by atoms with van der Waals surface area (Å²) in [5.41, 5.74) is 2.28. The molecule has 1 aromatic carbocycles. The minimum absolute atomic E-state index is 0.0270. The second kappa shape index (κ2) is 5.15. The van der Waals surface area contributed by atoms with Gasteiger partial charge in [0.05, 0.1) is 4.88 Å². The van der Waals surface area contributed by atoms with E-state index >= 15 is 0 Å². The van der Waals surface area contributed by atoms with E-state index in [1.165, 1.54) is 11.3 Å². The largest absolute Gasteiger partial charge is 0.485 e. The van der Waals surface area contributed by atoms with E-state index < -0.39 is 0 Å². The van der Waals surface area contributed by atoms with Crippen molar-refractivity contribution in [2.45, 2.75) is 13.8 Å². The molecule has 0 aliphatic carbocycles. The van der Waals surface area contributed by atoms with Crippen LogP contribution in [0.1, 0.15) is 20.8 Å². The summed E-state index contributed by atoms with van der Waals surface area (Å²) in [7, 11) is 0. The summed E-state index contributed by atoms with van der Waals surface area (Å²) in [6, 6.07) is 9.64. The molecule has 88 valence electrons. The minimum atomic E-state index is 0.0270. The van der Waals surface area contributed by atoms with Crippen LogP contribution in [0.2, 0.25) is 0 Å². The smallest absolute Gasteiger partial charge is 0.210 e. The first-order chi connectivity index (χ1) is 8.15. The van der Waals surface area contributed by atoms with Gasteiger partial charge in [-0.05, 0) is 48.6 Å². The van der Waals surface area contributed by atoms with Crippen LogP contribution in [-0.2, 0) is 0 Å². The zero-order valence-electron chi connectivity index (χ0n) is 9.90. The average molecular weight is 246 g/mol. The maximum absolute atomic E-state index is 11.7. The molecule has 0 saturated carbocycles. The van der Waals surface area contributed by atoms with Crippen molar-refractivity contribution in [2.75, 3.05) is 6.61 Å². The quantitative estimate of drug-likeness (QED) is 0.770. The molecule has 0 amide bonds. The van der Waals surface area contributed by atoms with Crippen LogP contribution in [0.25, 0.3) is 0 Å². The van der Waals surface area contributed by atoms with Gasteiger partial charge in [0.1, 0.15) is 5.75 Å². The van der Waals surface area contributed by atoms with E-state index in [9.17, 15) is 4.79 Å². The summed E-state index contributed by atoms with van der Waals surface area (Å²) >= 11 is 1.44. The lowest BCUT2D eigenvalue weighted by Gasteiger charge is -2.06. The van der Waals surface area contributed by atoms with E-state index in [0.29, 0.717) is 0 Å². The van der Waals surface area contributed by atoms with Crippen LogP contribution >= 0.6 is 11.3 Å². The molecular formula is C14H14O2S. The molecule has 0 fully saturated rings. The number of carbonyl (C=O) groups excluding carboxylic acids is 1. The van der Waals surface area contributed by atoms with E-state index in [0.717, 1.165) is 21.8 Å². The summed E-state index contributed by atoms with van der Waals surface area (Å²) in [5.74, 6) is 0.784. The van der Waals surface area contributed by atoms with Crippen molar-refractivity contribution in [3.8, 4) is 5.75 Å². The van der Waals surface area contributed by atoms with Gasteiger partial charge in [-0.1, -0.05) is 12.1 Å². The van der Waals surface area contributed by atoms with E-state index in [2.05, 4.69) is 6.07 Å². The van der Waals surface area contributed by atoms with Crippen LogP contribution < -0.4 is 4.74 Å². The highest BCUT2D eigenvalue weighted by molar-refractivity contribution is 7.12. The molecule has 0 saturated heterocycles. The van der Waals surface area contributed by atoms with E-state index in [4.69, 9.17) is 4.74 Å². The fourth-order valence-electron chi connectivity index (χ4n) is 1.67. The second-order valence-electron chi connectivity index (χ2n) is 4.01. The molecule has 3 heteroatoms. The zero-order chi connectivity index (χ0) is 12.3. The Labute approximate surface area is 105 Å². The average Bonchev–Trinajstić information content (AvgIpc) is 2.78. The number of rotatable bonds is 4. The lowest BCUT2D eigenvalue weighted by Crippen LogP contribution is -2.10. The topological polar surface area (TPSA) is 26.3 Å². The van der Waals surface area contributed by atoms with Gasteiger partial charge < -0.3 is 4.74 Å². The Bertz CT molecular complexity index is 495. The number of aryl methyl sites for hydroxylation is 2. The molecule has 2 aromatic rings. The van der Waals surface area contributed by atoms with Crippen LogP contribution in [0.15, 0.2) is 35.7 Å². The van der Waals surface area contributed by atoms with Crippen molar-refractivity contribution < 1.29 is 9.53 Å². The number of hydrogen-bond acceptors (Lipinski definition) is 3. The molecule has 0 atom stereocenters. The van der Waals surface area contributed by atoms with Gasteiger partial charge in [0.25, 0.3) is 0 Å². The first-order valence-electron chi connectivity index (χ1n) is 5.43. The summed E-state index contributed by atoms with van der Waals surface area (Å²) in [6.07, 6.45) is 0. The molecule has 1 heterocycles. The Balaban J connectivity index is 2.00. The third kappa shape index (κ3) is 3.17.